The molecule has 1 aliphatic rings. The van der Waals surface area contributed by atoms with Crippen LogP contribution in [0.25, 0.3) is 0 Å². The Hall–Kier alpha value is -0.860. The van der Waals surface area contributed by atoms with Crippen LogP contribution in [0.2, 0.25) is 0 Å². The van der Waals surface area contributed by atoms with E-state index in [-0.39, 0.29) is 6.10 Å². The van der Waals surface area contributed by atoms with Crippen LogP contribution < -0.4 is 5.32 Å². The van der Waals surface area contributed by atoms with Gasteiger partial charge in [-0.2, -0.15) is 0 Å². The maximum atomic E-state index is 5.55. The summed E-state index contributed by atoms with van der Waals surface area (Å²) in [6.45, 7) is 6.10. The van der Waals surface area contributed by atoms with Gasteiger partial charge in [0, 0.05) is 6.54 Å². The molecule has 1 heterocycles. The summed E-state index contributed by atoms with van der Waals surface area (Å²) in [5, 5.41) is 3.20. The molecular formula is C13H19NO. The van der Waals surface area contributed by atoms with Gasteiger partial charge < -0.3 is 4.74 Å². The molecule has 2 atom stereocenters. The molecule has 2 heteroatoms. The lowest BCUT2D eigenvalue weighted by Crippen LogP contribution is -2.07. The van der Waals surface area contributed by atoms with Crippen LogP contribution in [0, 0.1) is 0 Å². The highest BCUT2D eigenvalue weighted by Crippen LogP contribution is 2.23. The Balaban J connectivity index is 2.09. The first-order valence-electron chi connectivity index (χ1n) is 5.73. The van der Waals surface area contributed by atoms with Crippen LogP contribution in [0.1, 0.15) is 43.4 Å². The van der Waals surface area contributed by atoms with Crippen molar-refractivity contribution in [2.75, 3.05) is 13.3 Å². The maximum absolute atomic E-state index is 5.55. The Morgan fingerprint density at radius 1 is 1.40 bits per heavy atom. The van der Waals surface area contributed by atoms with E-state index >= 15 is 0 Å². The lowest BCUT2D eigenvalue weighted by molar-refractivity contribution is 0.114. The molecule has 0 saturated carbocycles. The predicted molar refractivity (Wildman–Crippen MR) is 61.8 cm³/mol. The SMILES string of the molecule is CCC(C)c1ccc(C2CNCO2)cc1. The minimum atomic E-state index is 0.246. The van der Waals surface area contributed by atoms with Crippen molar-refractivity contribution < 1.29 is 4.74 Å². The average Bonchev–Trinajstić information content (AvgIpc) is 2.82. The van der Waals surface area contributed by atoms with Gasteiger partial charge in [-0.3, -0.25) is 5.32 Å². The fourth-order valence-electron chi connectivity index (χ4n) is 1.90. The van der Waals surface area contributed by atoms with E-state index < -0.39 is 0 Å². The zero-order valence-corrected chi connectivity index (χ0v) is 9.49. The molecule has 15 heavy (non-hydrogen) atoms. The fourth-order valence-corrected chi connectivity index (χ4v) is 1.90. The smallest absolute Gasteiger partial charge is 0.0975 e. The van der Waals surface area contributed by atoms with Crippen LogP contribution in [-0.4, -0.2) is 13.3 Å². The van der Waals surface area contributed by atoms with Crippen molar-refractivity contribution in [1.82, 2.24) is 5.32 Å². The van der Waals surface area contributed by atoms with E-state index in [1.54, 1.807) is 0 Å². The van der Waals surface area contributed by atoms with Crippen molar-refractivity contribution in [2.24, 2.45) is 0 Å². The van der Waals surface area contributed by atoms with E-state index in [1.807, 2.05) is 0 Å². The zero-order chi connectivity index (χ0) is 10.7. The molecule has 2 rings (SSSR count). The van der Waals surface area contributed by atoms with Gasteiger partial charge in [0.2, 0.25) is 0 Å². The highest BCUT2D eigenvalue weighted by molar-refractivity contribution is 5.26. The topological polar surface area (TPSA) is 21.3 Å². The highest BCUT2D eigenvalue weighted by atomic mass is 16.5. The molecular weight excluding hydrogens is 186 g/mol. The predicted octanol–water partition coefficient (Wildman–Crippen LogP) is 2.82. The van der Waals surface area contributed by atoms with Gasteiger partial charge in [0.05, 0.1) is 12.8 Å². The van der Waals surface area contributed by atoms with E-state index in [0.717, 1.165) is 6.54 Å². The third kappa shape index (κ3) is 2.39. The molecule has 1 fully saturated rings. The van der Waals surface area contributed by atoms with Crippen LogP contribution in [0.15, 0.2) is 24.3 Å². The van der Waals surface area contributed by atoms with Crippen molar-refractivity contribution in [1.29, 1.82) is 0 Å². The van der Waals surface area contributed by atoms with Crippen LogP contribution in [0.3, 0.4) is 0 Å². The Morgan fingerprint density at radius 2 is 2.13 bits per heavy atom. The second-order valence-electron chi connectivity index (χ2n) is 4.23. The van der Waals surface area contributed by atoms with Crippen molar-refractivity contribution >= 4 is 0 Å². The molecule has 0 bridgehead atoms. The van der Waals surface area contributed by atoms with Gasteiger partial charge in [0.15, 0.2) is 0 Å². The summed E-state index contributed by atoms with van der Waals surface area (Å²) in [6.07, 6.45) is 1.44. The zero-order valence-electron chi connectivity index (χ0n) is 9.49. The number of hydrogen-bond acceptors (Lipinski definition) is 2. The van der Waals surface area contributed by atoms with Gasteiger partial charge in [-0.15, -0.1) is 0 Å². The second-order valence-corrected chi connectivity index (χ2v) is 4.23. The van der Waals surface area contributed by atoms with Gasteiger partial charge in [-0.05, 0) is 23.5 Å². The molecule has 1 aromatic rings. The summed E-state index contributed by atoms with van der Waals surface area (Å²) < 4.78 is 5.55. The van der Waals surface area contributed by atoms with E-state index in [9.17, 15) is 0 Å². The number of ether oxygens (including phenoxy) is 1. The Kier molecular flexibility index (Phi) is 3.39. The third-order valence-electron chi connectivity index (χ3n) is 3.21. The molecule has 2 unspecified atom stereocenters. The van der Waals surface area contributed by atoms with Gasteiger partial charge >= 0.3 is 0 Å². The summed E-state index contributed by atoms with van der Waals surface area (Å²) in [6, 6.07) is 8.84. The summed E-state index contributed by atoms with van der Waals surface area (Å²) in [5.74, 6) is 0.654. The quantitative estimate of drug-likeness (QED) is 0.819. The molecule has 0 aromatic heterocycles. The van der Waals surface area contributed by atoms with Gasteiger partial charge in [-0.1, -0.05) is 38.1 Å². The Bertz CT molecular complexity index is 301. The van der Waals surface area contributed by atoms with Crippen LogP contribution in [0.5, 0.6) is 0 Å². The number of benzene rings is 1. The minimum absolute atomic E-state index is 0.246. The lowest BCUT2D eigenvalue weighted by Gasteiger charge is -2.12. The number of hydrogen-bond donors (Lipinski definition) is 1. The Morgan fingerprint density at radius 3 is 2.67 bits per heavy atom. The summed E-state index contributed by atoms with van der Waals surface area (Å²) >= 11 is 0. The molecule has 1 aliphatic heterocycles. The molecule has 0 spiro atoms. The van der Waals surface area contributed by atoms with E-state index in [4.69, 9.17) is 4.74 Å². The molecule has 0 radical (unpaired) electrons. The molecule has 0 amide bonds. The number of nitrogens with one attached hydrogen (secondary N) is 1. The van der Waals surface area contributed by atoms with Crippen LogP contribution in [-0.2, 0) is 4.74 Å². The van der Waals surface area contributed by atoms with E-state index in [2.05, 4.69) is 43.4 Å². The average molecular weight is 205 g/mol. The normalized spacial score (nSPS) is 22.9. The first-order chi connectivity index (χ1) is 7.31. The molecule has 1 aromatic carbocycles. The van der Waals surface area contributed by atoms with Gasteiger partial charge in [-0.25, -0.2) is 0 Å². The monoisotopic (exact) mass is 205 g/mol. The molecule has 0 aliphatic carbocycles. The highest BCUT2D eigenvalue weighted by Gasteiger charge is 2.16. The van der Waals surface area contributed by atoms with Gasteiger partial charge in [0.1, 0.15) is 0 Å². The second kappa shape index (κ2) is 4.77. The van der Waals surface area contributed by atoms with Crippen LogP contribution in [0.4, 0.5) is 0 Å². The first-order valence-corrected chi connectivity index (χ1v) is 5.73. The van der Waals surface area contributed by atoms with E-state index in [1.165, 1.54) is 17.5 Å². The summed E-state index contributed by atoms with van der Waals surface area (Å²) in [5.41, 5.74) is 2.71. The molecule has 82 valence electrons. The van der Waals surface area contributed by atoms with E-state index in [0.29, 0.717) is 12.6 Å². The fraction of sp³-hybridized carbons (Fsp3) is 0.538. The largest absolute Gasteiger partial charge is 0.357 e. The summed E-state index contributed by atoms with van der Waals surface area (Å²) in [4.78, 5) is 0. The minimum Gasteiger partial charge on any atom is -0.357 e. The van der Waals surface area contributed by atoms with Crippen molar-refractivity contribution in [2.45, 2.75) is 32.3 Å². The molecule has 2 nitrogen and oxygen atoms in total. The maximum Gasteiger partial charge on any atom is 0.0975 e. The van der Waals surface area contributed by atoms with Crippen LogP contribution >= 0.6 is 0 Å². The molecule has 1 saturated heterocycles. The van der Waals surface area contributed by atoms with Gasteiger partial charge in [0.25, 0.3) is 0 Å². The third-order valence-corrected chi connectivity index (χ3v) is 3.21. The first kappa shape index (κ1) is 10.7. The Labute approximate surface area is 91.6 Å². The van der Waals surface area contributed by atoms with Crippen molar-refractivity contribution in [3.05, 3.63) is 35.4 Å². The standard InChI is InChI=1S/C13H19NO/c1-3-10(2)11-4-6-12(7-5-11)13-8-14-9-15-13/h4-7,10,13-14H,3,8-9H2,1-2H3. The molecule has 1 N–H and O–H groups in total. The van der Waals surface area contributed by atoms with Crippen molar-refractivity contribution in [3.8, 4) is 0 Å². The summed E-state index contributed by atoms with van der Waals surface area (Å²) in [7, 11) is 0. The van der Waals surface area contributed by atoms with Crippen molar-refractivity contribution in [3.63, 3.8) is 0 Å². The number of rotatable bonds is 3. The lowest BCUT2D eigenvalue weighted by atomic mass is 9.96.